The lowest BCUT2D eigenvalue weighted by atomic mass is 9.96. The number of carbonyl (C=O) groups is 1. The number of likely N-dealkylation sites (tertiary alicyclic amines) is 1. The average molecular weight is 479 g/mol. The normalized spacial score (nSPS) is 17.0. The molecule has 0 saturated carbocycles. The van der Waals surface area contributed by atoms with Gasteiger partial charge in [0.25, 0.3) is 0 Å². The summed E-state index contributed by atoms with van der Waals surface area (Å²) >= 11 is 1.73. The molecule has 4 aromatic rings. The lowest BCUT2D eigenvalue weighted by molar-refractivity contribution is 0.0822. The molecular weight excluding hydrogens is 452 g/mol. The number of nitrogens with zero attached hydrogens (tertiary/aromatic N) is 6. The maximum absolute atomic E-state index is 11.1. The molecule has 3 aromatic heterocycles. The number of thiophene rings is 1. The van der Waals surface area contributed by atoms with Gasteiger partial charge in [-0.1, -0.05) is 19.1 Å². The van der Waals surface area contributed by atoms with Gasteiger partial charge >= 0.3 is 6.09 Å². The average Bonchev–Trinajstić information content (AvgIpc) is 3.41. The molecule has 2 saturated heterocycles. The molecule has 0 aliphatic carbocycles. The number of morpholine rings is 1. The number of para-hydroxylation sites is 2. The Morgan fingerprint density at radius 3 is 2.71 bits per heavy atom. The number of hydrogen-bond donors (Lipinski definition) is 1. The topological polar surface area (TPSA) is 96.6 Å². The summed E-state index contributed by atoms with van der Waals surface area (Å²) in [6, 6.07) is 10.3. The minimum absolute atomic E-state index is 0.354. The Kier molecular flexibility index (Phi) is 5.34. The van der Waals surface area contributed by atoms with Crippen LogP contribution in [0, 0.1) is 5.92 Å². The number of aromatic nitrogens is 4. The standard InChI is InChI=1S/C24H26N6O3S/c1-2-20-25-17-5-3-4-6-19(17)30(20)23-26-18-12-16(11-15-13-29(14-15)24(31)32)34-21(18)22(27-23)28-7-9-33-10-8-28/h3-6,12,15H,2,7-11,13-14H2,1H3,(H,31,32). The fourth-order valence-corrected chi connectivity index (χ4v) is 6.05. The van der Waals surface area contributed by atoms with E-state index in [2.05, 4.69) is 28.5 Å². The molecule has 10 heteroatoms. The molecule has 34 heavy (non-hydrogen) atoms. The van der Waals surface area contributed by atoms with E-state index in [9.17, 15) is 4.79 Å². The quantitative estimate of drug-likeness (QED) is 0.468. The third-order valence-electron chi connectivity index (χ3n) is 6.57. The Morgan fingerprint density at radius 1 is 1.15 bits per heavy atom. The summed E-state index contributed by atoms with van der Waals surface area (Å²) in [4.78, 5) is 31.0. The van der Waals surface area contributed by atoms with Crippen molar-refractivity contribution in [1.82, 2.24) is 24.4 Å². The van der Waals surface area contributed by atoms with Crippen LogP contribution >= 0.6 is 11.3 Å². The van der Waals surface area contributed by atoms with E-state index in [4.69, 9.17) is 24.8 Å². The van der Waals surface area contributed by atoms with Crippen molar-refractivity contribution in [3.8, 4) is 5.95 Å². The van der Waals surface area contributed by atoms with E-state index in [1.807, 2.05) is 18.2 Å². The molecule has 0 spiro atoms. The molecule has 6 rings (SSSR count). The van der Waals surface area contributed by atoms with Crippen molar-refractivity contribution in [2.75, 3.05) is 44.3 Å². The van der Waals surface area contributed by atoms with Crippen molar-refractivity contribution < 1.29 is 14.6 Å². The Labute approximate surface area is 200 Å². The van der Waals surface area contributed by atoms with E-state index in [1.165, 1.54) is 9.78 Å². The van der Waals surface area contributed by atoms with Crippen LogP contribution in [0.3, 0.4) is 0 Å². The molecule has 0 unspecified atom stereocenters. The highest BCUT2D eigenvalue weighted by molar-refractivity contribution is 7.19. The van der Waals surface area contributed by atoms with Gasteiger partial charge in [0.15, 0.2) is 5.82 Å². The summed E-state index contributed by atoms with van der Waals surface area (Å²) in [6.07, 6.45) is 0.799. The SMILES string of the molecule is CCc1nc2ccccc2n1-c1nc(N2CCOCC2)c2sc(CC3CN(C(=O)O)C3)cc2n1. The Morgan fingerprint density at radius 2 is 1.94 bits per heavy atom. The molecule has 1 N–H and O–H groups in total. The second kappa shape index (κ2) is 8.52. The summed E-state index contributed by atoms with van der Waals surface area (Å²) in [5, 5.41) is 9.14. The second-order valence-electron chi connectivity index (χ2n) is 8.84. The van der Waals surface area contributed by atoms with Crippen LogP contribution < -0.4 is 4.90 Å². The van der Waals surface area contributed by atoms with E-state index >= 15 is 0 Å². The number of rotatable bonds is 5. The van der Waals surface area contributed by atoms with Gasteiger partial charge in [0.1, 0.15) is 5.82 Å². The monoisotopic (exact) mass is 478 g/mol. The predicted octanol–water partition coefficient (Wildman–Crippen LogP) is 3.58. The summed E-state index contributed by atoms with van der Waals surface area (Å²) in [7, 11) is 0. The Bertz CT molecular complexity index is 1370. The number of imidazole rings is 1. The largest absolute Gasteiger partial charge is 0.465 e. The van der Waals surface area contributed by atoms with Crippen LogP contribution in [0.2, 0.25) is 0 Å². The van der Waals surface area contributed by atoms with E-state index in [0.29, 0.717) is 38.2 Å². The molecule has 2 aliphatic heterocycles. The first-order chi connectivity index (χ1) is 16.6. The lowest BCUT2D eigenvalue weighted by Crippen LogP contribution is -2.50. The predicted molar refractivity (Wildman–Crippen MR) is 131 cm³/mol. The first-order valence-corrected chi connectivity index (χ1v) is 12.5. The molecule has 0 radical (unpaired) electrons. The molecule has 5 heterocycles. The Balaban J connectivity index is 1.44. The molecule has 0 bridgehead atoms. The third-order valence-corrected chi connectivity index (χ3v) is 7.71. The number of benzene rings is 1. The van der Waals surface area contributed by atoms with Crippen LogP contribution in [0.5, 0.6) is 0 Å². The van der Waals surface area contributed by atoms with Crippen molar-refractivity contribution >= 4 is 44.5 Å². The highest BCUT2D eigenvalue weighted by atomic mass is 32.1. The van der Waals surface area contributed by atoms with E-state index in [-0.39, 0.29) is 0 Å². The fraction of sp³-hybridized carbons (Fsp3) is 0.417. The third kappa shape index (κ3) is 3.67. The molecule has 176 valence electrons. The number of anilines is 1. The van der Waals surface area contributed by atoms with Crippen LogP contribution in [-0.4, -0.2) is 75.0 Å². The summed E-state index contributed by atoms with van der Waals surface area (Å²) in [5.74, 6) is 2.88. The van der Waals surface area contributed by atoms with Gasteiger partial charge in [0.2, 0.25) is 5.95 Å². The van der Waals surface area contributed by atoms with Gasteiger partial charge in [-0.15, -0.1) is 11.3 Å². The van der Waals surface area contributed by atoms with Gasteiger partial charge in [0.05, 0.1) is 34.5 Å². The van der Waals surface area contributed by atoms with Gasteiger partial charge in [0, 0.05) is 37.5 Å². The number of ether oxygens (including phenoxy) is 1. The molecular formula is C24H26N6O3S. The number of hydrogen-bond acceptors (Lipinski definition) is 7. The van der Waals surface area contributed by atoms with Crippen molar-refractivity contribution in [2.45, 2.75) is 19.8 Å². The zero-order valence-electron chi connectivity index (χ0n) is 19.0. The van der Waals surface area contributed by atoms with Crippen LogP contribution in [0.15, 0.2) is 30.3 Å². The van der Waals surface area contributed by atoms with Crippen molar-refractivity contribution in [1.29, 1.82) is 0 Å². The minimum Gasteiger partial charge on any atom is -0.465 e. The highest BCUT2D eigenvalue weighted by Crippen LogP contribution is 2.36. The number of amides is 1. The van der Waals surface area contributed by atoms with Gasteiger partial charge in [-0.25, -0.2) is 14.8 Å². The molecule has 1 amide bonds. The van der Waals surface area contributed by atoms with E-state index in [0.717, 1.165) is 58.8 Å². The second-order valence-corrected chi connectivity index (χ2v) is 9.97. The van der Waals surface area contributed by atoms with Gasteiger partial charge in [-0.2, -0.15) is 4.98 Å². The zero-order valence-corrected chi connectivity index (χ0v) is 19.8. The molecule has 1 aromatic carbocycles. The number of fused-ring (bicyclic) bond motifs is 2. The number of aryl methyl sites for hydroxylation is 1. The lowest BCUT2D eigenvalue weighted by Gasteiger charge is -2.36. The highest BCUT2D eigenvalue weighted by Gasteiger charge is 2.31. The van der Waals surface area contributed by atoms with Crippen molar-refractivity contribution in [3.05, 3.63) is 41.0 Å². The van der Waals surface area contributed by atoms with Crippen LogP contribution in [-0.2, 0) is 17.6 Å². The maximum Gasteiger partial charge on any atom is 0.407 e. The minimum atomic E-state index is -0.836. The molecule has 2 fully saturated rings. The maximum atomic E-state index is 11.1. The molecule has 2 aliphatic rings. The van der Waals surface area contributed by atoms with Crippen molar-refractivity contribution in [3.63, 3.8) is 0 Å². The van der Waals surface area contributed by atoms with Gasteiger partial charge in [-0.05, 0) is 30.5 Å². The first kappa shape index (κ1) is 21.3. The summed E-state index contributed by atoms with van der Waals surface area (Å²) < 4.78 is 8.75. The summed E-state index contributed by atoms with van der Waals surface area (Å²) in [5.41, 5.74) is 2.88. The molecule has 0 atom stereocenters. The number of carboxylic acid groups (broad SMARTS) is 1. The van der Waals surface area contributed by atoms with Crippen LogP contribution in [0.1, 0.15) is 17.6 Å². The van der Waals surface area contributed by atoms with Crippen molar-refractivity contribution in [2.24, 2.45) is 5.92 Å². The first-order valence-electron chi connectivity index (χ1n) is 11.7. The van der Waals surface area contributed by atoms with E-state index in [1.54, 1.807) is 11.3 Å². The summed E-state index contributed by atoms with van der Waals surface area (Å²) in [6.45, 7) is 6.23. The Hall–Kier alpha value is -3.24. The van der Waals surface area contributed by atoms with Crippen LogP contribution in [0.4, 0.5) is 10.6 Å². The van der Waals surface area contributed by atoms with Crippen LogP contribution in [0.25, 0.3) is 27.2 Å². The smallest absolute Gasteiger partial charge is 0.407 e. The van der Waals surface area contributed by atoms with E-state index < -0.39 is 6.09 Å². The fourth-order valence-electron chi connectivity index (χ4n) is 4.82. The zero-order chi connectivity index (χ0) is 23.2. The molecule has 9 nitrogen and oxygen atoms in total. The van der Waals surface area contributed by atoms with Gasteiger partial charge < -0.3 is 19.6 Å². The van der Waals surface area contributed by atoms with Gasteiger partial charge in [-0.3, -0.25) is 4.57 Å².